The summed E-state index contributed by atoms with van der Waals surface area (Å²) in [5, 5.41) is 2.94. The average Bonchev–Trinajstić information content (AvgIpc) is 3.15. The maximum Gasteiger partial charge on any atom is 0.138 e. The molecule has 1 N–H and O–H groups in total. The van der Waals surface area contributed by atoms with Gasteiger partial charge >= 0.3 is 0 Å². The van der Waals surface area contributed by atoms with Gasteiger partial charge in [-0.25, -0.2) is 4.98 Å². The molecule has 4 nitrogen and oxygen atoms in total. The molecule has 3 aromatic carbocycles. The van der Waals surface area contributed by atoms with Crippen LogP contribution in [0.3, 0.4) is 0 Å². The van der Waals surface area contributed by atoms with Gasteiger partial charge in [0.15, 0.2) is 0 Å². The molecule has 0 saturated heterocycles. The average molecular weight is 325 g/mol. The number of hydrogen-bond donors (Lipinski definition) is 1. The van der Waals surface area contributed by atoms with E-state index in [0.29, 0.717) is 5.69 Å². The highest BCUT2D eigenvalue weighted by atomic mass is 16.3. The van der Waals surface area contributed by atoms with Crippen molar-refractivity contribution in [1.29, 1.82) is 0 Å². The maximum atomic E-state index is 10.6. The molecular weight excluding hydrogens is 310 g/mol. The van der Waals surface area contributed by atoms with E-state index in [1.165, 1.54) is 0 Å². The van der Waals surface area contributed by atoms with E-state index in [-0.39, 0.29) is 0 Å². The molecule has 0 aliphatic carbocycles. The third-order valence-electron chi connectivity index (χ3n) is 4.06. The monoisotopic (exact) mass is 325 g/mol. The van der Waals surface area contributed by atoms with E-state index in [1.807, 2.05) is 60.7 Å². The van der Waals surface area contributed by atoms with Crippen LogP contribution in [-0.4, -0.2) is 9.97 Å². The van der Waals surface area contributed by atoms with Gasteiger partial charge in [-0.05, 0) is 29.4 Å². The van der Waals surface area contributed by atoms with E-state index in [2.05, 4.69) is 22.3 Å². The van der Waals surface area contributed by atoms with Gasteiger partial charge in [-0.3, -0.25) is 0 Å². The van der Waals surface area contributed by atoms with Crippen LogP contribution >= 0.6 is 0 Å². The van der Waals surface area contributed by atoms with Crippen LogP contribution in [0.15, 0.2) is 90.1 Å². The first-order valence-corrected chi connectivity index (χ1v) is 8.00. The molecule has 120 valence electrons. The van der Waals surface area contributed by atoms with E-state index in [4.69, 9.17) is 4.98 Å². The van der Waals surface area contributed by atoms with E-state index in [9.17, 15) is 4.91 Å². The summed E-state index contributed by atoms with van der Waals surface area (Å²) >= 11 is 0. The van der Waals surface area contributed by atoms with Gasteiger partial charge in [0.2, 0.25) is 0 Å². The van der Waals surface area contributed by atoms with Crippen molar-refractivity contribution in [3.8, 4) is 33.9 Å². The second-order valence-electron chi connectivity index (χ2n) is 5.68. The fourth-order valence-corrected chi connectivity index (χ4v) is 2.81. The maximum absolute atomic E-state index is 10.6. The van der Waals surface area contributed by atoms with Gasteiger partial charge in [-0.1, -0.05) is 60.7 Å². The third kappa shape index (κ3) is 2.97. The molecule has 1 heterocycles. The summed E-state index contributed by atoms with van der Waals surface area (Å²) in [4.78, 5) is 18.9. The van der Waals surface area contributed by atoms with Gasteiger partial charge in [0.25, 0.3) is 0 Å². The van der Waals surface area contributed by atoms with Gasteiger partial charge < -0.3 is 4.98 Å². The zero-order valence-corrected chi connectivity index (χ0v) is 13.4. The Morgan fingerprint density at radius 1 is 0.680 bits per heavy atom. The number of H-pyrrole nitrogens is 1. The molecule has 0 saturated carbocycles. The Hall–Kier alpha value is -3.53. The molecule has 0 aliphatic rings. The molecule has 0 spiro atoms. The van der Waals surface area contributed by atoms with E-state index >= 15 is 0 Å². The Morgan fingerprint density at radius 2 is 1.28 bits per heavy atom. The minimum absolute atomic E-state index is 0.405. The van der Waals surface area contributed by atoms with Crippen molar-refractivity contribution in [3.05, 3.63) is 89.8 Å². The number of benzene rings is 3. The quantitative estimate of drug-likeness (QED) is 0.481. The highest BCUT2D eigenvalue weighted by Gasteiger charge is 2.14. The van der Waals surface area contributed by atoms with Gasteiger partial charge in [-0.15, -0.1) is 4.91 Å². The lowest BCUT2D eigenvalue weighted by Gasteiger charge is -2.02. The Labute approximate surface area is 145 Å². The standard InChI is InChI=1S/C21H15N3O/c25-24-18-13-11-17(12-14-18)21-22-19(15-7-3-1-4-8-15)20(23-21)16-9-5-2-6-10-16/h1-14H,(H,22,23). The largest absolute Gasteiger partial charge is 0.337 e. The lowest BCUT2D eigenvalue weighted by molar-refractivity contribution is 1.31. The predicted molar refractivity (Wildman–Crippen MR) is 100 cm³/mol. The van der Waals surface area contributed by atoms with Crippen LogP contribution in [0.4, 0.5) is 5.69 Å². The van der Waals surface area contributed by atoms with Crippen LogP contribution in [0.2, 0.25) is 0 Å². The fraction of sp³-hybridized carbons (Fsp3) is 0. The number of nitrogens with one attached hydrogen (secondary N) is 1. The normalized spacial score (nSPS) is 10.6. The van der Waals surface area contributed by atoms with E-state index in [1.54, 1.807) is 12.1 Å². The minimum atomic E-state index is 0.405. The third-order valence-corrected chi connectivity index (χ3v) is 4.06. The Kier molecular flexibility index (Phi) is 3.92. The highest BCUT2D eigenvalue weighted by Crippen LogP contribution is 2.33. The fourth-order valence-electron chi connectivity index (χ4n) is 2.81. The molecule has 0 amide bonds. The smallest absolute Gasteiger partial charge is 0.138 e. The number of aromatic nitrogens is 2. The van der Waals surface area contributed by atoms with Crippen LogP contribution in [0.5, 0.6) is 0 Å². The van der Waals surface area contributed by atoms with Gasteiger partial charge in [0, 0.05) is 16.7 Å². The summed E-state index contributed by atoms with van der Waals surface area (Å²) in [6, 6.07) is 27.3. The first-order valence-electron chi connectivity index (χ1n) is 8.00. The van der Waals surface area contributed by atoms with E-state index < -0.39 is 0 Å². The topological polar surface area (TPSA) is 58.1 Å². The summed E-state index contributed by atoms with van der Waals surface area (Å²) in [7, 11) is 0. The van der Waals surface area contributed by atoms with Crippen molar-refractivity contribution < 1.29 is 0 Å². The lowest BCUT2D eigenvalue weighted by atomic mass is 10.1. The zero-order chi connectivity index (χ0) is 17.1. The number of hydrogen-bond acceptors (Lipinski definition) is 3. The number of aromatic amines is 1. The Morgan fingerprint density at radius 3 is 1.88 bits per heavy atom. The molecule has 0 unspecified atom stereocenters. The van der Waals surface area contributed by atoms with Crippen molar-refractivity contribution in [2.75, 3.05) is 0 Å². The molecule has 4 heteroatoms. The van der Waals surface area contributed by atoms with Gasteiger partial charge in [0.1, 0.15) is 11.5 Å². The second kappa shape index (κ2) is 6.53. The summed E-state index contributed by atoms with van der Waals surface area (Å²) in [6.07, 6.45) is 0. The second-order valence-corrected chi connectivity index (χ2v) is 5.68. The molecule has 4 aromatic rings. The Balaban J connectivity index is 1.87. The molecule has 4 rings (SSSR count). The molecular formula is C21H15N3O. The minimum Gasteiger partial charge on any atom is -0.337 e. The van der Waals surface area contributed by atoms with Crippen LogP contribution in [0.1, 0.15) is 0 Å². The highest BCUT2D eigenvalue weighted by molar-refractivity contribution is 5.81. The first-order chi connectivity index (χ1) is 12.3. The number of rotatable bonds is 4. The van der Waals surface area contributed by atoms with E-state index in [0.717, 1.165) is 33.9 Å². The number of nitroso groups, excluding NO2 is 1. The van der Waals surface area contributed by atoms with Crippen LogP contribution in [0.25, 0.3) is 33.9 Å². The first kappa shape index (κ1) is 15.0. The molecule has 0 atom stereocenters. The summed E-state index contributed by atoms with van der Waals surface area (Å²) in [5.74, 6) is 0.759. The Bertz CT molecular complexity index is 934. The van der Waals surface area contributed by atoms with Crippen molar-refractivity contribution in [2.24, 2.45) is 5.18 Å². The lowest BCUT2D eigenvalue weighted by Crippen LogP contribution is -1.82. The number of imidazole rings is 1. The SMILES string of the molecule is O=Nc1ccc(-c2nc(-c3ccccc3)c(-c3ccccc3)[nH]2)cc1. The molecule has 0 fully saturated rings. The molecule has 1 aromatic heterocycles. The van der Waals surface area contributed by atoms with Gasteiger partial charge in [-0.2, -0.15) is 0 Å². The van der Waals surface area contributed by atoms with Crippen molar-refractivity contribution in [2.45, 2.75) is 0 Å². The molecule has 0 aliphatic heterocycles. The van der Waals surface area contributed by atoms with Crippen molar-refractivity contribution in [1.82, 2.24) is 9.97 Å². The summed E-state index contributed by atoms with van der Waals surface area (Å²) < 4.78 is 0. The summed E-state index contributed by atoms with van der Waals surface area (Å²) in [6.45, 7) is 0. The van der Waals surface area contributed by atoms with Crippen LogP contribution in [0, 0.1) is 4.91 Å². The zero-order valence-electron chi connectivity index (χ0n) is 13.4. The molecule has 25 heavy (non-hydrogen) atoms. The van der Waals surface area contributed by atoms with Gasteiger partial charge in [0.05, 0.1) is 11.4 Å². The summed E-state index contributed by atoms with van der Waals surface area (Å²) in [5.41, 5.74) is 5.31. The van der Waals surface area contributed by atoms with Crippen molar-refractivity contribution >= 4 is 5.69 Å². The van der Waals surface area contributed by atoms with Crippen LogP contribution < -0.4 is 0 Å². The molecule has 0 bridgehead atoms. The molecule has 0 radical (unpaired) electrons. The van der Waals surface area contributed by atoms with Crippen molar-refractivity contribution in [3.63, 3.8) is 0 Å². The van der Waals surface area contributed by atoms with Crippen LogP contribution in [-0.2, 0) is 0 Å². The number of nitrogens with zero attached hydrogens (tertiary/aromatic N) is 2. The predicted octanol–water partition coefficient (Wildman–Crippen LogP) is 5.81.